The molecule has 2 rings (SSSR count). The molecular formula is C10H11N5O. The van der Waals surface area contributed by atoms with Crippen LogP contribution in [-0.4, -0.2) is 25.7 Å². The van der Waals surface area contributed by atoms with Gasteiger partial charge in [0.05, 0.1) is 11.8 Å². The van der Waals surface area contributed by atoms with Gasteiger partial charge in [-0.15, -0.1) is 0 Å². The Bertz CT molecular complexity index is 479. The van der Waals surface area contributed by atoms with Crippen LogP contribution < -0.4 is 5.32 Å². The minimum atomic E-state index is -0.258. The number of aromatic nitrogens is 4. The highest BCUT2D eigenvalue weighted by atomic mass is 16.1. The second-order valence-corrected chi connectivity index (χ2v) is 3.11. The molecular weight excluding hydrogens is 206 g/mol. The summed E-state index contributed by atoms with van der Waals surface area (Å²) < 4.78 is 1.68. The summed E-state index contributed by atoms with van der Waals surface area (Å²) in [6.07, 6.45) is 6.33. The second kappa shape index (κ2) is 4.52. The standard InChI is InChI=1S/C10H11N5O/c1-2-15-7-8(6-13-15)9(16)14-10-11-4-3-5-12-10/h3-7H,2H2,1H3,(H,11,12,14,16). The lowest BCUT2D eigenvalue weighted by atomic mass is 10.3. The summed E-state index contributed by atoms with van der Waals surface area (Å²) >= 11 is 0. The molecule has 0 saturated heterocycles. The number of amides is 1. The third kappa shape index (κ3) is 2.22. The fourth-order valence-corrected chi connectivity index (χ4v) is 1.19. The lowest BCUT2D eigenvalue weighted by Crippen LogP contribution is -2.13. The number of nitrogens with one attached hydrogen (secondary N) is 1. The van der Waals surface area contributed by atoms with Gasteiger partial charge in [-0.05, 0) is 13.0 Å². The molecule has 2 heterocycles. The zero-order valence-corrected chi connectivity index (χ0v) is 8.79. The van der Waals surface area contributed by atoms with E-state index in [1.165, 1.54) is 6.20 Å². The smallest absolute Gasteiger partial charge is 0.261 e. The van der Waals surface area contributed by atoms with Crippen molar-refractivity contribution in [1.29, 1.82) is 0 Å². The molecule has 2 aromatic heterocycles. The number of hydrogen-bond acceptors (Lipinski definition) is 4. The van der Waals surface area contributed by atoms with E-state index < -0.39 is 0 Å². The van der Waals surface area contributed by atoms with Crippen molar-refractivity contribution in [3.05, 3.63) is 36.4 Å². The van der Waals surface area contributed by atoms with Crippen LogP contribution >= 0.6 is 0 Å². The van der Waals surface area contributed by atoms with Crippen molar-refractivity contribution in [2.75, 3.05) is 5.32 Å². The van der Waals surface area contributed by atoms with E-state index in [4.69, 9.17) is 0 Å². The summed E-state index contributed by atoms with van der Waals surface area (Å²) in [4.78, 5) is 19.5. The van der Waals surface area contributed by atoms with Gasteiger partial charge < -0.3 is 0 Å². The Balaban J connectivity index is 2.09. The number of anilines is 1. The van der Waals surface area contributed by atoms with Gasteiger partial charge in [0.1, 0.15) is 0 Å². The van der Waals surface area contributed by atoms with Crippen LogP contribution in [0.1, 0.15) is 17.3 Å². The van der Waals surface area contributed by atoms with E-state index in [9.17, 15) is 4.79 Å². The quantitative estimate of drug-likeness (QED) is 0.830. The van der Waals surface area contributed by atoms with Gasteiger partial charge in [0.2, 0.25) is 5.95 Å². The highest BCUT2D eigenvalue weighted by molar-refractivity contribution is 6.02. The van der Waals surface area contributed by atoms with E-state index in [-0.39, 0.29) is 11.9 Å². The zero-order chi connectivity index (χ0) is 11.4. The molecule has 2 aromatic rings. The molecule has 6 nitrogen and oxygen atoms in total. The van der Waals surface area contributed by atoms with Crippen LogP contribution in [0, 0.1) is 0 Å². The average Bonchev–Trinajstić information content (AvgIpc) is 2.79. The lowest BCUT2D eigenvalue weighted by Gasteiger charge is -1.99. The maximum atomic E-state index is 11.7. The van der Waals surface area contributed by atoms with Crippen LogP contribution in [0.2, 0.25) is 0 Å². The first kappa shape index (κ1) is 10.3. The summed E-state index contributed by atoms with van der Waals surface area (Å²) in [6.45, 7) is 2.68. The summed E-state index contributed by atoms with van der Waals surface area (Å²) in [5.41, 5.74) is 0.495. The first-order valence-corrected chi connectivity index (χ1v) is 4.90. The van der Waals surface area contributed by atoms with Gasteiger partial charge in [-0.1, -0.05) is 0 Å². The van der Waals surface area contributed by atoms with Crippen molar-refractivity contribution >= 4 is 11.9 Å². The molecule has 0 atom stereocenters. The highest BCUT2D eigenvalue weighted by Crippen LogP contribution is 2.02. The molecule has 0 fully saturated rings. The summed E-state index contributed by atoms with van der Waals surface area (Å²) in [6, 6.07) is 1.69. The van der Waals surface area contributed by atoms with Gasteiger partial charge in [0.15, 0.2) is 0 Å². The molecule has 0 bridgehead atoms. The monoisotopic (exact) mass is 217 g/mol. The number of rotatable bonds is 3. The number of hydrogen-bond donors (Lipinski definition) is 1. The van der Waals surface area contributed by atoms with Crippen LogP contribution in [0.15, 0.2) is 30.9 Å². The third-order valence-corrected chi connectivity index (χ3v) is 2.01. The molecule has 0 unspecified atom stereocenters. The van der Waals surface area contributed by atoms with E-state index >= 15 is 0 Å². The van der Waals surface area contributed by atoms with Gasteiger partial charge in [0.25, 0.3) is 5.91 Å². The average molecular weight is 217 g/mol. The van der Waals surface area contributed by atoms with Crippen LogP contribution in [0.4, 0.5) is 5.95 Å². The van der Waals surface area contributed by atoms with Crippen molar-refractivity contribution in [2.45, 2.75) is 13.5 Å². The third-order valence-electron chi connectivity index (χ3n) is 2.01. The van der Waals surface area contributed by atoms with Crippen LogP contribution in [0.3, 0.4) is 0 Å². The van der Waals surface area contributed by atoms with Crippen molar-refractivity contribution in [3.8, 4) is 0 Å². The number of aryl methyl sites for hydroxylation is 1. The number of nitrogens with zero attached hydrogens (tertiary/aromatic N) is 4. The molecule has 6 heteroatoms. The number of carbonyl (C=O) groups is 1. The summed E-state index contributed by atoms with van der Waals surface area (Å²) in [5, 5.41) is 6.59. The molecule has 0 spiro atoms. The van der Waals surface area contributed by atoms with Gasteiger partial charge >= 0.3 is 0 Å². The van der Waals surface area contributed by atoms with Crippen molar-refractivity contribution in [3.63, 3.8) is 0 Å². The van der Waals surface area contributed by atoms with E-state index in [0.29, 0.717) is 5.56 Å². The Morgan fingerprint density at radius 2 is 2.19 bits per heavy atom. The molecule has 16 heavy (non-hydrogen) atoms. The first-order chi connectivity index (χ1) is 7.79. The van der Waals surface area contributed by atoms with Crippen LogP contribution in [0.5, 0.6) is 0 Å². The number of carbonyl (C=O) groups excluding carboxylic acids is 1. The fourth-order valence-electron chi connectivity index (χ4n) is 1.19. The van der Waals surface area contributed by atoms with E-state index in [1.807, 2.05) is 6.92 Å². The molecule has 1 N–H and O–H groups in total. The van der Waals surface area contributed by atoms with Crippen molar-refractivity contribution in [1.82, 2.24) is 19.7 Å². The highest BCUT2D eigenvalue weighted by Gasteiger charge is 2.09. The molecule has 0 radical (unpaired) electrons. The van der Waals surface area contributed by atoms with E-state index in [0.717, 1.165) is 6.54 Å². The van der Waals surface area contributed by atoms with Crippen LogP contribution in [-0.2, 0) is 6.54 Å². The molecule has 0 aliphatic heterocycles. The van der Waals surface area contributed by atoms with Crippen molar-refractivity contribution in [2.24, 2.45) is 0 Å². The Hall–Kier alpha value is -2.24. The molecule has 82 valence electrons. The Morgan fingerprint density at radius 1 is 1.44 bits per heavy atom. The molecule has 0 aliphatic carbocycles. The topological polar surface area (TPSA) is 72.7 Å². The van der Waals surface area contributed by atoms with Crippen LogP contribution in [0.25, 0.3) is 0 Å². The zero-order valence-electron chi connectivity index (χ0n) is 8.79. The maximum Gasteiger partial charge on any atom is 0.261 e. The normalized spacial score (nSPS) is 10.1. The fraction of sp³-hybridized carbons (Fsp3) is 0.200. The molecule has 1 amide bonds. The minimum absolute atomic E-state index is 0.258. The van der Waals surface area contributed by atoms with E-state index in [1.54, 1.807) is 29.3 Å². The van der Waals surface area contributed by atoms with Gasteiger partial charge in [0, 0.05) is 25.1 Å². The largest absolute Gasteiger partial charge is 0.290 e. The second-order valence-electron chi connectivity index (χ2n) is 3.11. The summed E-state index contributed by atoms with van der Waals surface area (Å²) in [5.74, 6) is 0.0302. The maximum absolute atomic E-state index is 11.7. The van der Waals surface area contributed by atoms with Gasteiger partial charge in [-0.3, -0.25) is 14.8 Å². The Kier molecular flexibility index (Phi) is 2.90. The molecule has 0 aromatic carbocycles. The lowest BCUT2D eigenvalue weighted by molar-refractivity contribution is 0.102. The predicted octanol–water partition coefficient (Wildman–Crippen LogP) is 0.945. The molecule has 0 aliphatic rings. The van der Waals surface area contributed by atoms with E-state index in [2.05, 4.69) is 20.4 Å². The Labute approximate surface area is 92.3 Å². The SMILES string of the molecule is CCn1cc(C(=O)Nc2ncccn2)cn1. The Morgan fingerprint density at radius 3 is 2.81 bits per heavy atom. The summed E-state index contributed by atoms with van der Waals surface area (Å²) in [7, 11) is 0. The van der Waals surface area contributed by atoms with Gasteiger partial charge in [-0.25, -0.2) is 9.97 Å². The molecule has 0 saturated carbocycles. The minimum Gasteiger partial charge on any atom is -0.290 e. The first-order valence-electron chi connectivity index (χ1n) is 4.90. The predicted molar refractivity (Wildman–Crippen MR) is 57.9 cm³/mol. The van der Waals surface area contributed by atoms with Crippen molar-refractivity contribution < 1.29 is 4.79 Å². The van der Waals surface area contributed by atoms with Gasteiger partial charge in [-0.2, -0.15) is 5.10 Å².